The van der Waals surface area contributed by atoms with Gasteiger partial charge in [-0.25, -0.2) is 8.42 Å². The fraction of sp³-hybridized carbons (Fsp3) is 0.257. The van der Waals surface area contributed by atoms with E-state index >= 15 is 0 Å². The number of nitrogens with zero attached hydrogens (tertiary/aromatic N) is 2. The maximum absolute atomic E-state index is 14.4. The predicted octanol–water partition coefficient (Wildman–Crippen LogP) is 5.66. The van der Waals surface area contributed by atoms with Crippen LogP contribution in [-0.2, 0) is 32.6 Å². The fourth-order valence-electron chi connectivity index (χ4n) is 4.90. The van der Waals surface area contributed by atoms with Crippen molar-refractivity contribution in [2.75, 3.05) is 10.8 Å². The molecule has 0 spiro atoms. The molecule has 4 aromatic carbocycles. The first-order chi connectivity index (χ1) is 20.5. The van der Waals surface area contributed by atoms with Gasteiger partial charge in [-0.3, -0.25) is 13.9 Å². The van der Waals surface area contributed by atoms with Crippen LogP contribution in [0.15, 0.2) is 114 Å². The van der Waals surface area contributed by atoms with E-state index in [1.165, 1.54) is 4.90 Å². The van der Waals surface area contributed by atoms with E-state index in [9.17, 15) is 18.0 Å². The van der Waals surface area contributed by atoms with Gasteiger partial charge in [-0.1, -0.05) is 96.1 Å². The number of benzene rings is 4. The van der Waals surface area contributed by atoms with E-state index in [1.54, 1.807) is 54.6 Å². The van der Waals surface area contributed by atoms with Crippen molar-refractivity contribution in [3.63, 3.8) is 0 Å². The van der Waals surface area contributed by atoms with Gasteiger partial charge in [-0.05, 0) is 63.1 Å². The van der Waals surface area contributed by atoms with Crippen molar-refractivity contribution in [1.29, 1.82) is 0 Å². The number of hydrogen-bond donors (Lipinski definition) is 1. The Morgan fingerprint density at radius 1 is 0.744 bits per heavy atom. The minimum absolute atomic E-state index is 0.0818. The van der Waals surface area contributed by atoms with Crippen LogP contribution in [0.3, 0.4) is 0 Å². The molecule has 0 bridgehead atoms. The topological polar surface area (TPSA) is 86.8 Å². The molecule has 4 rings (SSSR count). The zero-order valence-electron chi connectivity index (χ0n) is 25.1. The molecule has 224 valence electrons. The van der Waals surface area contributed by atoms with Crippen LogP contribution >= 0.6 is 0 Å². The first-order valence-electron chi connectivity index (χ1n) is 14.4. The standard InChI is InChI=1S/C35H39N3O4S/c1-26(2)36-35(40)33(23-29-13-7-5-8-14-29)37(24-30-15-11-12-28(4)22-30)34(39)25-38(31-16-9-6-10-17-31)43(41,42)32-20-18-27(3)19-21-32/h5-22,26,33H,23-25H2,1-4H3,(H,36,40)/t33-/m0/s1. The van der Waals surface area contributed by atoms with Gasteiger partial charge >= 0.3 is 0 Å². The molecule has 0 radical (unpaired) electrons. The number of hydrogen-bond acceptors (Lipinski definition) is 4. The monoisotopic (exact) mass is 597 g/mol. The fourth-order valence-corrected chi connectivity index (χ4v) is 6.32. The molecule has 1 atom stereocenters. The molecule has 0 unspecified atom stereocenters. The second-order valence-corrected chi connectivity index (χ2v) is 12.9. The zero-order valence-corrected chi connectivity index (χ0v) is 25.9. The average molecular weight is 598 g/mol. The molecular weight excluding hydrogens is 558 g/mol. The summed E-state index contributed by atoms with van der Waals surface area (Å²) in [5, 5.41) is 2.98. The Labute approximate surface area is 255 Å². The van der Waals surface area contributed by atoms with Crippen LogP contribution in [0.4, 0.5) is 5.69 Å². The van der Waals surface area contributed by atoms with E-state index in [2.05, 4.69) is 5.32 Å². The zero-order chi connectivity index (χ0) is 31.0. The van der Waals surface area contributed by atoms with Crippen molar-refractivity contribution in [1.82, 2.24) is 10.2 Å². The summed E-state index contributed by atoms with van der Waals surface area (Å²) in [6.45, 7) is 7.25. The van der Waals surface area contributed by atoms with Gasteiger partial charge in [0.2, 0.25) is 11.8 Å². The Balaban J connectivity index is 1.79. The number of carbonyl (C=O) groups excluding carboxylic acids is 2. The second kappa shape index (κ2) is 14.2. The Kier molecular flexibility index (Phi) is 10.4. The maximum Gasteiger partial charge on any atom is 0.264 e. The van der Waals surface area contributed by atoms with Crippen molar-refractivity contribution in [2.24, 2.45) is 0 Å². The Morgan fingerprint density at radius 3 is 1.95 bits per heavy atom. The lowest BCUT2D eigenvalue weighted by molar-refractivity contribution is -0.140. The first-order valence-corrected chi connectivity index (χ1v) is 15.8. The van der Waals surface area contributed by atoms with Crippen LogP contribution in [0.1, 0.15) is 36.1 Å². The third-order valence-corrected chi connectivity index (χ3v) is 8.86. The van der Waals surface area contributed by atoms with E-state index in [0.29, 0.717) is 5.69 Å². The van der Waals surface area contributed by atoms with Crippen LogP contribution in [0.5, 0.6) is 0 Å². The summed E-state index contributed by atoms with van der Waals surface area (Å²) in [6.07, 6.45) is 0.271. The molecule has 0 aliphatic heterocycles. The molecule has 0 heterocycles. The molecule has 4 aromatic rings. The molecule has 0 aliphatic rings. The molecule has 7 nitrogen and oxygen atoms in total. The van der Waals surface area contributed by atoms with Crippen LogP contribution in [0.2, 0.25) is 0 Å². The van der Waals surface area contributed by atoms with E-state index in [1.807, 2.05) is 82.3 Å². The highest BCUT2D eigenvalue weighted by Gasteiger charge is 2.34. The molecule has 0 fully saturated rings. The Morgan fingerprint density at radius 2 is 1.35 bits per heavy atom. The summed E-state index contributed by atoms with van der Waals surface area (Å²) in [5.74, 6) is -0.784. The van der Waals surface area contributed by atoms with E-state index in [-0.39, 0.29) is 29.8 Å². The van der Waals surface area contributed by atoms with E-state index in [4.69, 9.17) is 0 Å². The van der Waals surface area contributed by atoms with Crippen LogP contribution in [0, 0.1) is 13.8 Å². The highest BCUT2D eigenvalue weighted by molar-refractivity contribution is 7.92. The molecule has 8 heteroatoms. The third-order valence-electron chi connectivity index (χ3n) is 7.07. The number of rotatable bonds is 12. The van der Waals surface area contributed by atoms with Gasteiger partial charge < -0.3 is 10.2 Å². The maximum atomic E-state index is 14.4. The summed E-state index contributed by atoms with van der Waals surface area (Å²) in [5.41, 5.74) is 4.03. The second-order valence-electron chi connectivity index (χ2n) is 11.0. The molecular formula is C35H39N3O4S. The highest BCUT2D eigenvalue weighted by atomic mass is 32.2. The first kappa shape index (κ1) is 31.5. The van der Waals surface area contributed by atoms with Crippen LogP contribution in [0.25, 0.3) is 0 Å². The molecule has 0 aliphatic carbocycles. The number of sulfonamides is 1. The van der Waals surface area contributed by atoms with Gasteiger partial charge in [0.1, 0.15) is 12.6 Å². The van der Waals surface area contributed by atoms with Gasteiger partial charge in [0.25, 0.3) is 10.0 Å². The summed E-state index contributed by atoms with van der Waals surface area (Å²) in [6, 6.07) is 31.4. The Bertz CT molecular complexity index is 1620. The van der Waals surface area contributed by atoms with E-state index < -0.39 is 28.5 Å². The predicted molar refractivity (Wildman–Crippen MR) is 171 cm³/mol. The van der Waals surface area contributed by atoms with Gasteiger partial charge in [-0.2, -0.15) is 0 Å². The summed E-state index contributed by atoms with van der Waals surface area (Å²) >= 11 is 0. The minimum atomic E-state index is -4.12. The third kappa shape index (κ3) is 8.32. The molecule has 0 saturated carbocycles. The lowest BCUT2D eigenvalue weighted by atomic mass is 10.0. The number of nitrogens with one attached hydrogen (secondary N) is 1. The van der Waals surface area contributed by atoms with Gasteiger partial charge in [0, 0.05) is 19.0 Å². The van der Waals surface area contributed by atoms with Crippen molar-refractivity contribution >= 4 is 27.5 Å². The lowest BCUT2D eigenvalue weighted by Crippen LogP contribution is -2.54. The molecule has 1 N–H and O–H groups in total. The van der Waals surface area contributed by atoms with Crippen LogP contribution in [-0.4, -0.2) is 43.8 Å². The number of aryl methyl sites for hydroxylation is 2. The van der Waals surface area contributed by atoms with Crippen LogP contribution < -0.4 is 9.62 Å². The van der Waals surface area contributed by atoms with Crippen molar-refractivity contribution < 1.29 is 18.0 Å². The number of amides is 2. The average Bonchev–Trinajstić information content (AvgIpc) is 2.98. The number of anilines is 1. The molecule has 0 aromatic heterocycles. The summed E-state index contributed by atoms with van der Waals surface area (Å²) in [7, 11) is -4.12. The van der Waals surface area contributed by atoms with Gasteiger partial charge in [0.05, 0.1) is 10.6 Å². The highest BCUT2D eigenvalue weighted by Crippen LogP contribution is 2.25. The normalized spacial score (nSPS) is 12.0. The van der Waals surface area contributed by atoms with Crippen molar-refractivity contribution in [3.05, 3.63) is 131 Å². The molecule has 43 heavy (non-hydrogen) atoms. The van der Waals surface area contributed by atoms with Crippen molar-refractivity contribution in [3.8, 4) is 0 Å². The minimum Gasteiger partial charge on any atom is -0.352 e. The largest absolute Gasteiger partial charge is 0.352 e. The number of para-hydroxylation sites is 1. The number of carbonyl (C=O) groups is 2. The molecule has 0 saturated heterocycles. The SMILES string of the molecule is Cc1ccc(S(=O)(=O)N(CC(=O)N(Cc2cccc(C)c2)[C@@H](Cc2ccccc2)C(=O)NC(C)C)c2ccccc2)cc1. The quantitative estimate of drug-likeness (QED) is 0.228. The van der Waals surface area contributed by atoms with Gasteiger partial charge in [0.15, 0.2) is 0 Å². The Hall–Kier alpha value is -4.43. The summed E-state index contributed by atoms with van der Waals surface area (Å²) < 4.78 is 29.2. The summed E-state index contributed by atoms with van der Waals surface area (Å²) in [4.78, 5) is 29.7. The molecule has 2 amide bonds. The van der Waals surface area contributed by atoms with Gasteiger partial charge in [-0.15, -0.1) is 0 Å². The van der Waals surface area contributed by atoms with Crippen molar-refractivity contribution in [2.45, 2.75) is 57.6 Å². The smallest absolute Gasteiger partial charge is 0.264 e. The van der Waals surface area contributed by atoms with E-state index in [0.717, 1.165) is 26.6 Å². The lowest BCUT2D eigenvalue weighted by Gasteiger charge is -2.34.